The van der Waals surface area contributed by atoms with Gasteiger partial charge in [-0.05, 0) is 24.1 Å². The van der Waals surface area contributed by atoms with Crippen LogP contribution in [0.25, 0.3) is 0 Å². The highest BCUT2D eigenvalue weighted by atomic mass is 16.5. The van der Waals surface area contributed by atoms with Crippen LogP contribution < -0.4 is 10.5 Å². The number of hydrogen-bond acceptors (Lipinski definition) is 3. The van der Waals surface area contributed by atoms with Gasteiger partial charge in [-0.25, -0.2) is 0 Å². The van der Waals surface area contributed by atoms with Gasteiger partial charge in [-0.2, -0.15) is 0 Å². The molecule has 14 heavy (non-hydrogen) atoms. The molecule has 1 aromatic carbocycles. The summed E-state index contributed by atoms with van der Waals surface area (Å²) in [5.41, 5.74) is 7.03. The van der Waals surface area contributed by atoms with Crippen LogP contribution in [0.3, 0.4) is 0 Å². The van der Waals surface area contributed by atoms with Gasteiger partial charge in [-0.3, -0.25) is 0 Å². The first-order valence-corrected chi connectivity index (χ1v) is 4.63. The lowest BCUT2D eigenvalue weighted by atomic mass is 10.1. The van der Waals surface area contributed by atoms with Crippen molar-refractivity contribution in [1.82, 2.24) is 0 Å². The quantitative estimate of drug-likeness (QED) is 0.768. The Bertz CT molecular complexity index is 258. The van der Waals surface area contributed by atoms with Gasteiger partial charge in [-0.15, -0.1) is 0 Å². The van der Waals surface area contributed by atoms with E-state index in [0.717, 1.165) is 12.2 Å². The van der Waals surface area contributed by atoms with Crippen molar-refractivity contribution in [3.05, 3.63) is 29.8 Å². The molecular formula is C11H17NO2. The molecule has 1 aromatic rings. The second-order valence-electron chi connectivity index (χ2n) is 3.27. The van der Waals surface area contributed by atoms with Crippen LogP contribution in [0.4, 0.5) is 0 Å². The Kier molecular flexibility index (Phi) is 4.43. The molecule has 2 N–H and O–H groups in total. The summed E-state index contributed by atoms with van der Waals surface area (Å²) in [4.78, 5) is 0. The summed E-state index contributed by atoms with van der Waals surface area (Å²) in [6, 6.07) is 7.99. The lowest BCUT2D eigenvalue weighted by molar-refractivity contribution is 0.180. The van der Waals surface area contributed by atoms with E-state index in [-0.39, 0.29) is 6.04 Å². The molecular weight excluding hydrogens is 178 g/mol. The van der Waals surface area contributed by atoms with E-state index in [0.29, 0.717) is 6.61 Å². The molecule has 0 aromatic heterocycles. The average molecular weight is 195 g/mol. The Morgan fingerprint density at radius 1 is 1.21 bits per heavy atom. The number of methoxy groups -OCH3 is 2. The van der Waals surface area contributed by atoms with Crippen molar-refractivity contribution in [2.45, 2.75) is 12.5 Å². The molecule has 3 heteroatoms. The van der Waals surface area contributed by atoms with Gasteiger partial charge in [0.25, 0.3) is 0 Å². The molecule has 1 atom stereocenters. The van der Waals surface area contributed by atoms with Crippen molar-refractivity contribution in [3.8, 4) is 5.75 Å². The molecule has 0 amide bonds. The maximum Gasteiger partial charge on any atom is 0.118 e. The minimum Gasteiger partial charge on any atom is -0.497 e. The van der Waals surface area contributed by atoms with E-state index in [1.165, 1.54) is 5.56 Å². The topological polar surface area (TPSA) is 44.5 Å². The summed E-state index contributed by atoms with van der Waals surface area (Å²) < 4.78 is 10.0. The van der Waals surface area contributed by atoms with Crippen LogP contribution in [0.1, 0.15) is 5.56 Å². The van der Waals surface area contributed by atoms with Crippen LogP contribution in [0.5, 0.6) is 5.75 Å². The van der Waals surface area contributed by atoms with E-state index >= 15 is 0 Å². The van der Waals surface area contributed by atoms with E-state index in [4.69, 9.17) is 15.2 Å². The third-order valence-corrected chi connectivity index (χ3v) is 2.04. The first kappa shape index (κ1) is 11.0. The van der Waals surface area contributed by atoms with Gasteiger partial charge in [0.2, 0.25) is 0 Å². The van der Waals surface area contributed by atoms with Gasteiger partial charge in [0, 0.05) is 13.2 Å². The largest absolute Gasteiger partial charge is 0.497 e. The molecule has 0 aliphatic heterocycles. The predicted octanol–water partition coefficient (Wildman–Crippen LogP) is 1.21. The first-order valence-electron chi connectivity index (χ1n) is 4.63. The summed E-state index contributed by atoms with van der Waals surface area (Å²) >= 11 is 0. The fourth-order valence-corrected chi connectivity index (χ4v) is 1.34. The van der Waals surface area contributed by atoms with E-state index in [1.54, 1.807) is 14.2 Å². The van der Waals surface area contributed by atoms with Crippen molar-refractivity contribution in [2.75, 3.05) is 20.8 Å². The van der Waals surface area contributed by atoms with Gasteiger partial charge in [0.1, 0.15) is 5.75 Å². The van der Waals surface area contributed by atoms with Crippen molar-refractivity contribution >= 4 is 0 Å². The molecule has 78 valence electrons. The van der Waals surface area contributed by atoms with Gasteiger partial charge >= 0.3 is 0 Å². The highest BCUT2D eigenvalue weighted by Gasteiger charge is 2.03. The molecule has 0 fully saturated rings. The molecule has 0 saturated heterocycles. The fourth-order valence-electron chi connectivity index (χ4n) is 1.34. The van der Waals surface area contributed by atoms with Crippen LogP contribution in [-0.2, 0) is 11.2 Å². The third kappa shape index (κ3) is 3.36. The standard InChI is InChI=1S/C11H17NO2/c1-13-8-10(12)7-9-3-5-11(14-2)6-4-9/h3-6,10H,7-8,12H2,1-2H3/t10-/m0/s1. The molecule has 1 rings (SSSR count). The van der Waals surface area contributed by atoms with Crippen molar-refractivity contribution in [2.24, 2.45) is 5.73 Å². The molecule has 3 nitrogen and oxygen atoms in total. The molecule has 0 bridgehead atoms. The highest BCUT2D eigenvalue weighted by Crippen LogP contribution is 2.12. The monoisotopic (exact) mass is 195 g/mol. The zero-order valence-electron chi connectivity index (χ0n) is 8.69. The van der Waals surface area contributed by atoms with E-state index in [2.05, 4.69) is 0 Å². The molecule has 0 heterocycles. The van der Waals surface area contributed by atoms with Crippen LogP contribution in [-0.4, -0.2) is 26.9 Å². The minimum atomic E-state index is 0.0633. The summed E-state index contributed by atoms with van der Waals surface area (Å²) in [5.74, 6) is 0.870. The number of ether oxygens (including phenoxy) is 2. The van der Waals surface area contributed by atoms with Crippen molar-refractivity contribution in [1.29, 1.82) is 0 Å². The third-order valence-electron chi connectivity index (χ3n) is 2.04. The van der Waals surface area contributed by atoms with Gasteiger partial charge in [0.15, 0.2) is 0 Å². The Morgan fingerprint density at radius 2 is 1.86 bits per heavy atom. The first-order chi connectivity index (χ1) is 6.76. The number of nitrogens with two attached hydrogens (primary N) is 1. The van der Waals surface area contributed by atoms with Crippen molar-refractivity contribution < 1.29 is 9.47 Å². The summed E-state index contributed by atoms with van der Waals surface area (Å²) in [7, 11) is 3.32. The maximum atomic E-state index is 5.83. The smallest absolute Gasteiger partial charge is 0.118 e. The SMILES string of the molecule is COC[C@@H](N)Cc1ccc(OC)cc1. The van der Waals surface area contributed by atoms with Crippen molar-refractivity contribution in [3.63, 3.8) is 0 Å². The molecule has 0 unspecified atom stereocenters. The molecule has 0 radical (unpaired) electrons. The Balaban J connectivity index is 2.50. The molecule has 0 aliphatic rings. The molecule has 0 aliphatic carbocycles. The summed E-state index contributed by atoms with van der Waals surface area (Å²) in [5, 5.41) is 0. The number of rotatable bonds is 5. The molecule has 0 saturated carbocycles. The van der Waals surface area contributed by atoms with Crippen LogP contribution >= 0.6 is 0 Å². The second kappa shape index (κ2) is 5.62. The minimum absolute atomic E-state index is 0.0633. The van der Waals surface area contributed by atoms with E-state index in [9.17, 15) is 0 Å². The summed E-state index contributed by atoms with van der Waals surface area (Å²) in [6.45, 7) is 0.589. The normalized spacial score (nSPS) is 12.5. The fraction of sp³-hybridized carbons (Fsp3) is 0.455. The zero-order valence-corrected chi connectivity index (χ0v) is 8.69. The highest BCUT2D eigenvalue weighted by molar-refractivity contribution is 5.27. The van der Waals surface area contributed by atoms with E-state index in [1.807, 2.05) is 24.3 Å². The Hall–Kier alpha value is -1.06. The van der Waals surface area contributed by atoms with Gasteiger partial charge in [0.05, 0.1) is 13.7 Å². The van der Waals surface area contributed by atoms with Gasteiger partial charge in [-0.1, -0.05) is 12.1 Å². The number of hydrogen-bond donors (Lipinski definition) is 1. The Labute approximate surface area is 84.8 Å². The lowest BCUT2D eigenvalue weighted by Gasteiger charge is -2.10. The Morgan fingerprint density at radius 3 is 2.36 bits per heavy atom. The number of benzene rings is 1. The summed E-state index contributed by atoms with van der Waals surface area (Å²) in [6.07, 6.45) is 0.831. The molecule has 0 spiro atoms. The lowest BCUT2D eigenvalue weighted by Crippen LogP contribution is -2.27. The average Bonchev–Trinajstić information content (AvgIpc) is 2.19. The zero-order chi connectivity index (χ0) is 10.4. The van der Waals surface area contributed by atoms with Gasteiger partial charge < -0.3 is 15.2 Å². The van der Waals surface area contributed by atoms with E-state index < -0.39 is 0 Å². The second-order valence-corrected chi connectivity index (χ2v) is 3.27. The van der Waals surface area contributed by atoms with Crippen LogP contribution in [0.15, 0.2) is 24.3 Å². The predicted molar refractivity (Wildman–Crippen MR) is 56.5 cm³/mol. The van der Waals surface area contributed by atoms with Crippen LogP contribution in [0.2, 0.25) is 0 Å². The maximum absolute atomic E-state index is 5.83. The van der Waals surface area contributed by atoms with Crippen LogP contribution in [0, 0.1) is 0 Å².